The molecule has 1 aromatic rings. The van der Waals surface area contributed by atoms with Crippen molar-refractivity contribution in [1.82, 2.24) is 10.2 Å². The largest absolute Gasteiger partial charge is 0.356 e. The van der Waals surface area contributed by atoms with Gasteiger partial charge in [-0.3, -0.25) is 14.4 Å². The van der Waals surface area contributed by atoms with E-state index >= 15 is 0 Å². The lowest BCUT2D eigenvalue weighted by Gasteiger charge is -2.33. The van der Waals surface area contributed by atoms with Crippen LogP contribution in [0.3, 0.4) is 0 Å². The van der Waals surface area contributed by atoms with Gasteiger partial charge in [0.15, 0.2) is 0 Å². The fraction of sp³-hybridized carbons (Fsp3) is 0.609. The predicted molar refractivity (Wildman–Crippen MR) is 113 cm³/mol. The van der Waals surface area contributed by atoms with Crippen molar-refractivity contribution in [2.75, 3.05) is 31.1 Å². The Labute approximate surface area is 173 Å². The van der Waals surface area contributed by atoms with Crippen molar-refractivity contribution >= 4 is 23.4 Å². The molecular weight excluding hydrogens is 366 g/mol. The van der Waals surface area contributed by atoms with Crippen LogP contribution >= 0.6 is 0 Å². The minimum absolute atomic E-state index is 0.00468. The summed E-state index contributed by atoms with van der Waals surface area (Å²) in [6, 6.07) is 7.83. The third-order valence-electron chi connectivity index (χ3n) is 6.08. The maximum Gasteiger partial charge on any atom is 0.228 e. The Morgan fingerprint density at radius 2 is 1.76 bits per heavy atom. The molecule has 0 spiro atoms. The van der Waals surface area contributed by atoms with Crippen molar-refractivity contribution in [2.24, 2.45) is 11.8 Å². The third kappa shape index (κ3) is 5.37. The number of rotatable bonds is 7. The normalized spacial score (nSPS) is 20.2. The van der Waals surface area contributed by atoms with Crippen LogP contribution in [0.4, 0.5) is 5.69 Å². The fourth-order valence-corrected chi connectivity index (χ4v) is 4.20. The first-order valence-corrected chi connectivity index (χ1v) is 10.9. The Morgan fingerprint density at radius 3 is 2.41 bits per heavy atom. The molecule has 158 valence electrons. The van der Waals surface area contributed by atoms with Gasteiger partial charge < -0.3 is 15.1 Å². The number of amides is 3. The van der Waals surface area contributed by atoms with E-state index in [1.165, 1.54) is 0 Å². The van der Waals surface area contributed by atoms with E-state index in [1.807, 2.05) is 36.1 Å². The summed E-state index contributed by atoms with van der Waals surface area (Å²) < 4.78 is 0. The zero-order valence-electron chi connectivity index (χ0n) is 17.7. The molecule has 2 heterocycles. The number of nitrogens with zero attached hydrogens (tertiary/aromatic N) is 2. The van der Waals surface area contributed by atoms with Crippen LogP contribution in [0.1, 0.15) is 51.0 Å². The number of benzene rings is 1. The van der Waals surface area contributed by atoms with Crippen LogP contribution in [0.5, 0.6) is 0 Å². The number of unbranched alkanes of at least 4 members (excludes halogenated alkanes) is 2. The molecule has 0 unspecified atom stereocenters. The van der Waals surface area contributed by atoms with Gasteiger partial charge in [0.1, 0.15) is 0 Å². The molecule has 2 aliphatic rings. The zero-order chi connectivity index (χ0) is 20.8. The Morgan fingerprint density at radius 1 is 1.07 bits per heavy atom. The predicted octanol–water partition coefficient (Wildman–Crippen LogP) is 2.89. The summed E-state index contributed by atoms with van der Waals surface area (Å²) in [5, 5.41) is 3.03. The van der Waals surface area contributed by atoms with Gasteiger partial charge in [0.25, 0.3) is 0 Å². The summed E-state index contributed by atoms with van der Waals surface area (Å²) in [7, 11) is 0. The summed E-state index contributed by atoms with van der Waals surface area (Å²) in [6.07, 6.45) is 4.97. The highest BCUT2D eigenvalue weighted by atomic mass is 16.2. The number of hydrogen-bond donors (Lipinski definition) is 1. The molecule has 0 radical (unpaired) electrons. The number of hydrogen-bond acceptors (Lipinski definition) is 3. The van der Waals surface area contributed by atoms with E-state index in [-0.39, 0.29) is 36.0 Å². The van der Waals surface area contributed by atoms with Crippen molar-refractivity contribution in [3.8, 4) is 0 Å². The SMILES string of the molecule is CCCCCNC(=O)C1CCN(C(=O)[C@H]2CC(=O)N(c3ccc(C)cc3)C2)CC1. The lowest BCUT2D eigenvalue weighted by atomic mass is 9.94. The minimum atomic E-state index is -0.289. The second-order valence-electron chi connectivity index (χ2n) is 8.34. The van der Waals surface area contributed by atoms with Crippen LogP contribution in [-0.4, -0.2) is 48.8 Å². The molecule has 0 bridgehead atoms. The standard InChI is InChI=1S/C23H33N3O3/c1-3-4-5-12-24-22(28)18-10-13-25(14-11-18)23(29)19-15-21(27)26(16-19)20-8-6-17(2)7-9-20/h6-9,18-19H,3-5,10-16H2,1-2H3,(H,24,28)/t19-/m0/s1. The lowest BCUT2D eigenvalue weighted by molar-refractivity contribution is -0.139. The minimum Gasteiger partial charge on any atom is -0.356 e. The first-order valence-electron chi connectivity index (χ1n) is 10.9. The summed E-state index contributed by atoms with van der Waals surface area (Å²) in [5.74, 6) is -0.115. The smallest absolute Gasteiger partial charge is 0.228 e. The molecule has 0 aromatic heterocycles. The maximum absolute atomic E-state index is 12.9. The monoisotopic (exact) mass is 399 g/mol. The maximum atomic E-state index is 12.9. The van der Waals surface area contributed by atoms with Crippen LogP contribution < -0.4 is 10.2 Å². The van der Waals surface area contributed by atoms with Gasteiger partial charge in [0.2, 0.25) is 17.7 Å². The summed E-state index contributed by atoms with van der Waals surface area (Å²) in [4.78, 5) is 41.3. The number of nitrogens with one attached hydrogen (secondary N) is 1. The molecule has 2 fully saturated rings. The number of piperidine rings is 1. The molecule has 6 heteroatoms. The molecule has 1 atom stereocenters. The quantitative estimate of drug-likeness (QED) is 0.717. The van der Waals surface area contributed by atoms with Gasteiger partial charge >= 0.3 is 0 Å². The Kier molecular flexibility index (Phi) is 7.29. The molecule has 1 N–H and O–H groups in total. The van der Waals surface area contributed by atoms with Crippen molar-refractivity contribution in [3.05, 3.63) is 29.8 Å². The Balaban J connectivity index is 1.47. The highest BCUT2D eigenvalue weighted by Crippen LogP contribution is 2.28. The van der Waals surface area contributed by atoms with E-state index in [1.54, 1.807) is 4.90 Å². The third-order valence-corrected chi connectivity index (χ3v) is 6.08. The molecular formula is C23H33N3O3. The molecule has 29 heavy (non-hydrogen) atoms. The van der Waals surface area contributed by atoms with Crippen LogP contribution in [0.25, 0.3) is 0 Å². The van der Waals surface area contributed by atoms with E-state index in [2.05, 4.69) is 12.2 Å². The van der Waals surface area contributed by atoms with E-state index < -0.39 is 0 Å². The molecule has 2 aliphatic heterocycles. The zero-order valence-corrected chi connectivity index (χ0v) is 17.7. The molecule has 0 aliphatic carbocycles. The van der Waals surface area contributed by atoms with Crippen molar-refractivity contribution in [3.63, 3.8) is 0 Å². The van der Waals surface area contributed by atoms with Gasteiger partial charge in [-0.1, -0.05) is 37.5 Å². The van der Waals surface area contributed by atoms with Gasteiger partial charge in [0, 0.05) is 44.2 Å². The van der Waals surface area contributed by atoms with Gasteiger partial charge in [-0.25, -0.2) is 0 Å². The highest BCUT2D eigenvalue weighted by Gasteiger charge is 2.38. The van der Waals surface area contributed by atoms with Crippen LogP contribution in [0, 0.1) is 18.8 Å². The lowest BCUT2D eigenvalue weighted by Crippen LogP contribution is -2.45. The molecule has 1 aromatic carbocycles. The number of carbonyl (C=O) groups is 3. The highest BCUT2D eigenvalue weighted by molar-refractivity contribution is 6.00. The first kappa shape index (κ1) is 21.3. The Bertz CT molecular complexity index is 723. The summed E-state index contributed by atoms with van der Waals surface area (Å²) >= 11 is 0. The van der Waals surface area contributed by atoms with Crippen molar-refractivity contribution < 1.29 is 14.4 Å². The number of aryl methyl sites for hydroxylation is 1. The van der Waals surface area contributed by atoms with Crippen LogP contribution in [0.15, 0.2) is 24.3 Å². The fourth-order valence-electron chi connectivity index (χ4n) is 4.20. The average Bonchev–Trinajstić information content (AvgIpc) is 3.13. The molecule has 3 amide bonds. The van der Waals surface area contributed by atoms with Crippen molar-refractivity contribution in [2.45, 2.75) is 52.4 Å². The van der Waals surface area contributed by atoms with Gasteiger partial charge in [-0.05, 0) is 38.3 Å². The van der Waals surface area contributed by atoms with E-state index in [9.17, 15) is 14.4 Å². The van der Waals surface area contributed by atoms with E-state index in [0.29, 0.717) is 32.5 Å². The van der Waals surface area contributed by atoms with Crippen LogP contribution in [-0.2, 0) is 14.4 Å². The van der Waals surface area contributed by atoms with Gasteiger partial charge in [-0.15, -0.1) is 0 Å². The van der Waals surface area contributed by atoms with E-state index in [0.717, 1.165) is 37.1 Å². The summed E-state index contributed by atoms with van der Waals surface area (Å²) in [6.45, 7) is 6.54. The number of carbonyl (C=O) groups excluding carboxylic acids is 3. The topological polar surface area (TPSA) is 69.7 Å². The number of anilines is 1. The first-order chi connectivity index (χ1) is 14.0. The van der Waals surface area contributed by atoms with Crippen molar-refractivity contribution in [1.29, 1.82) is 0 Å². The molecule has 6 nitrogen and oxygen atoms in total. The Hall–Kier alpha value is -2.37. The molecule has 0 saturated carbocycles. The van der Waals surface area contributed by atoms with Gasteiger partial charge in [0.05, 0.1) is 5.92 Å². The van der Waals surface area contributed by atoms with Crippen LogP contribution in [0.2, 0.25) is 0 Å². The number of likely N-dealkylation sites (tertiary alicyclic amines) is 1. The molecule has 2 saturated heterocycles. The second kappa shape index (κ2) is 9.90. The van der Waals surface area contributed by atoms with Gasteiger partial charge in [-0.2, -0.15) is 0 Å². The van der Waals surface area contributed by atoms with E-state index in [4.69, 9.17) is 0 Å². The summed E-state index contributed by atoms with van der Waals surface area (Å²) in [5.41, 5.74) is 2.00. The average molecular weight is 400 g/mol. The molecule has 3 rings (SSSR count). The second-order valence-corrected chi connectivity index (χ2v) is 8.34.